The van der Waals surface area contributed by atoms with Crippen molar-refractivity contribution in [1.29, 1.82) is 0 Å². The molecule has 1 aliphatic rings. The number of anilines is 3. The lowest BCUT2D eigenvalue weighted by Crippen LogP contribution is -2.47. The van der Waals surface area contributed by atoms with E-state index in [9.17, 15) is 26.7 Å². The summed E-state index contributed by atoms with van der Waals surface area (Å²) in [5, 5.41) is 2.83. The summed E-state index contributed by atoms with van der Waals surface area (Å²) in [6.07, 6.45) is 0. The van der Waals surface area contributed by atoms with E-state index in [4.69, 9.17) is 4.74 Å². The Hall–Kier alpha value is -4.60. The van der Waals surface area contributed by atoms with E-state index in [1.54, 1.807) is 48.5 Å². The Balaban J connectivity index is 1.15. The number of hydrogen-bond donors (Lipinski definition) is 1. The fraction of sp³-hybridized carbons (Fsp3) is 0.167. The third kappa shape index (κ3) is 5.70. The van der Waals surface area contributed by atoms with Crippen molar-refractivity contribution in [2.75, 3.05) is 41.3 Å². The Morgan fingerprint density at radius 3 is 1.82 bits per heavy atom. The summed E-state index contributed by atoms with van der Waals surface area (Å²) in [4.78, 5) is 15.8. The molecular formula is C30H24F5N3O2. The Labute approximate surface area is 227 Å². The second kappa shape index (κ2) is 11.6. The Bertz CT molecular complexity index is 1460. The second-order valence-corrected chi connectivity index (χ2v) is 9.19. The lowest BCUT2D eigenvalue weighted by Gasteiger charge is -2.37. The minimum atomic E-state index is -2.17. The molecule has 0 atom stereocenters. The maximum atomic E-state index is 14.2. The molecule has 1 heterocycles. The van der Waals surface area contributed by atoms with Crippen molar-refractivity contribution in [3.8, 4) is 5.75 Å². The van der Waals surface area contributed by atoms with E-state index in [0.29, 0.717) is 36.7 Å². The SMILES string of the molecule is O=C(Nc1ccc(N2CCN(c3c(F)c(F)c(F)c(F)c3F)CC2)cc1)c1ccc(OCc2ccccc2)cc1. The van der Waals surface area contributed by atoms with Crippen LogP contribution in [-0.4, -0.2) is 32.1 Å². The first-order chi connectivity index (χ1) is 19.3. The molecule has 0 radical (unpaired) electrons. The highest BCUT2D eigenvalue weighted by atomic mass is 19.2. The Morgan fingerprint density at radius 1 is 0.675 bits per heavy atom. The van der Waals surface area contributed by atoms with Crippen molar-refractivity contribution < 1.29 is 31.5 Å². The van der Waals surface area contributed by atoms with E-state index in [-0.39, 0.29) is 19.0 Å². The van der Waals surface area contributed by atoms with Crippen molar-refractivity contribution in [2.24, 2.45) is 0 Å². The summed E-state index contributed by atoms with van der Waals surface area (Å²) in [5.41, 5.74) is 1.94. The molecule has 5 rings (SSSR count). The number of halogens is 5. The van der Waals surface area contributed by atoms with Crippen LogP contribution in [0.1, 0.15) is 15.9 Å². The van der Waals surface area contributed by atoms with Gasteiger partial charge in [0.2, 0.25) is 5.82 Å². The fourth-order valence-corrected chi connectivity index (χ4v) is 4.46. The molecule has 1 aliphatic heterocycles. The molecule has 1 amide bonds. The zero-order valence-corrected chi connectivity index (χ0v) is 21.1. The maximum Gasteiger partial charge on any atom is 0.255 e. The summed E-state index contributed by atoms with van der Waals surface area (Å²) < 4.78 is 74.7. The molecule has 0 aliphatic carbocycles. The van der Waals surface area contributed by atoms with Crippen LogP contribution in [0.2, 0.25) is 0 Å². The second-order valence-electron chi connectivity index (χ2n) is 9.19. The van der Waals surface area contributed by atoms with Crippen LogP contribution in [0.25, 0.3) is 0 Å². The number of piperazine rings is 1. The van der Waals surface area contributed by atoms with E-state index in [1.165, 1.54) is 0 Å². The molecule has 0 aromatic heterocycles. The predicted molar refractivity (Wildman–Crippen MR) is 142 cm³/mol. The third-order valence-corrected chi connectivity index (χ3v) is 6.64. The average molecular weight is 554 g/mol. The molecule has 206 valence electrons. The average Bonchev–Trinajstić information content (AvgIpc) is 2.99. The molecule has 0 bridgehead atoms. The molecule has 0 spiro atoms. The Kier molecular flexibility index (Phi) is 7.86. The van der Waals surface area contributed by atoms with Crippen LogP contribution in [0, 0.1) is 29.1 Å². The maximum absolute atomic E-state index is 14.2. The number of amides is 1. The van der Waals surface area contributed by atoms with Gasteiger partial charge in [-0.05, 0) is 54.1 Å². The number of nitrogens with one attached hydrogen (secondary N) is 1. The molecular weight excluding hydrogens is 529 g/mol. The van der Waals surface area contributed by atoms with Gasteiger partial charge in [0.05, 0.1) is 0 Å². The standard InChI is InChI=1S/C30H24F5N3O2/c31-24-25(32)27(34)29(28(35)26(24)33)38-16-14-37(15-17-38)22-10-8-21(9-11-22)36-30(39)20-6-12-23(13-7-20)40-18-19-4-2-1-3-5-19/h1-13H,14-18H2,(H,36,39). The van der Waals surface area contributed by atoms with Gasteiger partial charge < -0.3 is 19.9 Å². The number of rotatable bonds is 7. The molecule has 4 aromatic carbocycles. The molecule has 5 nitrogen and oxygen atoms in total. The summed E-state index contributed by atoms with van der Waals surface area (Å²) >= 11 is 0. The van der Waals surface area contributed by atoms with Crippen LogP contribution >= 0.6 is 0 Å². The number of ether oxygens (including phenoxy) is 1. The first kappa shape index (κ1) is 27.0. The van der Waals surface area contributed by atoms with Gasteiger partial charge in [-0.3, -0.25) is 4.79 Å². The van der Waals surface area contributed by atoms with Crippen LogP contribution in [0.15, 0.2) is 78.9 Å². The van der Waals surface area contributed by atoms with E-state index in [1.807, 2.05) is 35.2 Å². The van der Waals surface area contributed by atoms with Crippen molar-refractivity contribution >= 4 is 23.0 Å². The molecule has 0 saturated carbocycles. The molecule has 1 fully saturated rings. The van der Waals surface area contributed by atoms with E-state index >= 15 is 0 Å². The highest BCUT2D eigenvalue weighted by Gasteiger charge is 2.30. The lowest BCUT2D eigenvalue weighted by atomic mass is 10.1. The van der Waals surface area contributed by atoms with Crippen LogP contribution < -0.4 is 19.9 Å². The zero-order valence-electron chi connectivity index (χ0n) is 21.1. The van der Waals surface area contributed by atoms with Gasteiger partial charge in [0.1, 0.15) is 18.0 Å². The van der Waals surface area contributed by atoms with Crippen molar-refractivity contribution in [2.45, 2.75) is 6.61 Å². The molecule has 4 aromatic rings. The number of nitrogens with zero attached hydrogens (tertiary/aromatic N) is 2. The van der Waals surface area contributed by atoms with Gasteiger partial charge in [-0.25, -0.2) is 22.0 Å². The topological polar surface area (TPSA) is 44.8 Å². The van der Waals surface area contributed by atoms with Gasteiger partial charge in [0.15, 0.2) is 23.3 Å². The highest BCUT2D eigenvalue weighted by molar-refractivity contribution is 6.04. The molecule has 10 heteroatoms. The monoisotopic (exact) mass is 553 g/mol. The molecule has 1 N–H and O–H groups in total. The van der Waals surface area contributed by atoms with Crippen molar-refractivity contribution in [1.82, 2.24) is 0 Å². The van der Waals surface area contributed by atoms with E-state index in [0.717, 1.165) is 16.2 Å². The number of carbonyl (C=O) groups is 1. The van der Waals surface area contributed by atoms with Crippen LogP contribution in [-0.2, 0) is 6.61 Å². The summed E-state index contributed by atoms with van der Waals surface area (Å²) in [6, 6.07) is 23.6. The van der Waals surface area contributed by atoms with Gasteiger partial charge in [-0.15, -0.1) is 0 Å². The minimum absolute atomic E-state index is 0.0574. The largest absolute Gasteiger partial charge is 0.489 e. The predicted octanol–water partition coefficient (Wildman–Crippen LogP) is 6.54. The minimum Gasteiger partial charge on any atom is -0.489 e. The highest BCUT2D eigenvalue weighted by Crippen LogP contribution is 2.31. The molecule has 1 saturated heterocycles. The normalized spacial score (nSPS) is 13.3. The van der Waals surface area contributed by atoms with Crippen LogP contribution in [0.3, 0.4) is 0 Å². The number of carbonyl (C=O) groups excluding carboxylic acids is 1. The van der Waals surface area contributed by atoms with Crippen LogP contribution in [0.5, 0.6) is 5.75 Å². The first-order valence-corrected chi connectivity index (χ1v) is 12.5. The summed E-state index contributed by atoms with van der Waals surface area (Å²) in [5.74, 6) is -9.40. The third-order valence-electron chi connectivity index (χ3n) is 6.64. The van der Waals surface area contributed by atoms with E-state index in [2.05, 4.69) is 5.32 Å². The molecule has 40 heavy (non-hydrogen) atoms. The quantitative estimate of drug-likeness (QED) is 0.160. The zero-order chi connectivity index (χ0) is 28.2. The van der Waals surface area contributed by atoms with Gasteiger partial charge in [-0.1, -0.05) is 30.3 Å². The van der Waals surface area contributed by atoms with E-state index < -0.39 is 34.8 Å². The van der Waals surface area contributed by atoms with Gasteiger partial charge >= 0.3 is 0 Å². The van der Waals surface area contributed by atoms with Crippen molar-refractivity contribution in [3.05, 3.63) is 119 Å². The smallest absolute Gasteiger partial charge is 0.255 e. The summed E-state index contributed by atoms with van der Waals surface area (Å²) in [6.45, 7) is 1.13. The molecule has 0 unspecified atom stereocenters. The summed E-state index contributed by atoms with van der Waals surface area (Å²) in [7, 11) is 0. The lowest BCUT2D eigenvalue weighted by molar-refractivity contribution is 0.102. The van der Waals surface area contributed by atoms with Crippen molar-refractivity contribution in [3.63, 3.8) is 0 Å². The Morgan fingerprint density at radius 2 is 1.23 bits per heavy atom. The van der Waals surface area contributed by atoms with Gasteiger partial charge in [-0.2, -0.15) is 0 Å². The van der Waals surface area contributed by atoms with Gasteiger partial charge in [0.25, 0.3) is 5.91 Å². The van der Waals surface area contributed by atoms with Gasteiger partial charge in [0, 0.05) is 43.1 Å². The fourth-order valence-electron chi connectivity index (χ4n) is 4.46. The van der Waals surface area contributed by atoms with Crippen LogP contribution in [0.4, 0.5) is 39.0 Å². The number of hydrogen-bond acceptors (Lipinski definition) is 4. The number of benzene rings is 4. The first-order valence-electron chi connectivity index (χ1n) is 12.5.